The number of rotatable bonds is 11. The van der Waals surface area contributed by atoms with E-state index >= 15 is 0 Å². The number of carbonyl (C=O) groups is 1. The van der Waals surface area contributed by atoms with Crippen LogP contribution in [0.4, 0.5) is 0 Å². The van der Waals surface area contributed by atoms with Gasteiger partial charge < -0.3 is 4.74 Å². The van der Waals surface area contributed by atoms with Crippen LogP contribution in [0.15, 0.2) is 48.5 Å². The van der Waals surface area contributed by atoms with Gasteiger partial charge in [0.15, 0.2) is 0 Å². The summed E-state index contributed by atoms with van der Waals surface area (Å²) >= 11 is 0. The molecule has 2 heteroatoms. The third-order valence-corrected chi connectivity index (χ3v) is 4.66. The number of benzene rings is 2. The maximum atomic E-state index is 11.3. The minimum atomic E-state index is -0.154. The molecule has 2 rings (SSSR count). The minimum Gasteiger partial charge on any atom is -0.459 e. The van der Waals surface area contributed by atoms with Crippen molar-refractivity contribution in [3.05, 3.63) is 66.3 Å². The summed E-state index contributed by atoms with van der Waals surface area (Å²) in [5.74, 6) is -0.154. The molecule has 139 valence electrons. The van der Waals surface area contributed by atoms with Gasteiger partial charge in [0, 0.05) is 6.42 Å². The highest BCUT2D eigenvalue weighted by molar-refractivity contribution is 5.69. The van der Waals surface area contributed by atoms with Crippen molar-refractivity contribution in [3.8, 4) is 11.1 Å². The summed E-state index contributed by atoms with van der Waals surface area (Å²) in [6, 6.07) is 17.6. The highest BCUT2D eigenvalue weighted by Crippen LogP contribution is 2.21. The Morgan fingerprint density at radius 2 is 1.35 bits per heavy atom. The Hall–Kier alpha value is -2.09. The number of hydrogen-bond acceptors (Lipinski definition) is 2. The minimum absolute atomic E-state index is 0.154. The summed E-state index contributed by atoms with van der Waals surface area (Å²) < 4.78 is 4.84. The summed E-state index contributed by atoms with van der Waals surface area (Å²) in [6.45, 7) is 5.41. The second-order valence-corrected chi connectivity index (χ2v) is 6.78. The first-order valence-electron chi connectivity index (χ1n) is 9.88. The number of hydrogen-bond donors (Lipinski definition) is 0. The molecule has 26 heavy (non-hydrogen) atoms. The second kappa shape index (κ2) is 11.5. The summed E-state index contributed by atoms with van der Waals surface area (Å²) in [5.41, 5.74) is 5.19. The van der Waals surface area contributed by atoms with Crippen LogP contribution in [-0.4, -0.2) is 5.97 Å². The predicted molar refractivity (Wildman–Crippen MR) is 109 cm³/mol. The van der Waals surface area contributed by atoms with Crippen molar-refractivity contribution in [1.29, 1.82) is 0 Å². The molecule has 0 heterocycles. The third-order valence-electron chi connectivity index (χ3n) is 4.66. The Kier molecular flexibility index (Phi) is 8.95. The summed E-state index contributed by atoms with van der Waals surface area (Å²) in [7, 11) is 0. The maximum absolute atomic E-state index is 11.3. The van der Waals surface area contributed by atoms with Crippen molar-refractivity contribution in [2.24, 2.45) is 0 Å². The molecule has 1 radical (unpaired) electrons. The van der Waals surface area contributed by atoms with E-state index < -0.39 is 0 Å². The zero-order valence-corrected chi connectivity index (χ0v) is 16.2. The number of ether oxygens (including phenoxy) is 1. The van der Waals surface area contributed by atoms with Crippen molar-refractivity contribution in [1.82, 2.24) is 0 Å². The zero-order valence-electron chi connectivity index (χ0n) is 16.2. The average molecular weight is 352 g/mol. The second-order valence-electron chi connectivity index (χ2n) is 6.78. The van der Waals surface area contributed by atoms with Gasteiger partial charge in [-0.2, -0.15) is 0 Å². The fourth-order valence-electron chi connectivity index (χ4n) is 3.11. The van der Waals surface area contributed by atoms with E-state index in [1.165, 1.54) is 61.0 Å². The molecule has 0 N–H and O–H groups in total. The Morgan fingerprint density at radius 3 is 1.85 bits per heavy atom. The SMILES string of the molecule is C[CH]OC(=O)CCCc1ccc(-c2ccc(CCCCCC)cc2)cc1. The molecular weight excluding hydrogens is 320 g/mol. The van der Waals surface area contributed by atoms with Gasteiger partial charge in [0.25, 0.3) is 0 Å². The molecule has 0 saturated carbocycles. The first-order valence-corrected chi connectivity index (χ1v) is 9.88. The van der Waals surface area contributed by atoms with Gasteiger partial charge in [-0.1, -0.05) is 74.7 Å². The van der Waals surface area contributed by atoms with E-state index in [4.69, 9.17) is 4.74 Å². The van der Waals surface area contributed by atoms with Crippen LogP contribution in [-0.2, 0) is 22.4 Å². The van der Waals surface area contributed by atoms with Gasteiger partial charge in [-0.3, -0.25) is 4.79 Å². The fraction of sp³-hybridized carbons (Fsp3) is 0.417. The van der Waals surface area contributed by atoms with Crippen LogP contribution >= 0.6 is 0 Å². The molecule has 0 unspecified atom stereocenters. The standard InChI is InChI=1S/C24H31O2/c1-3-5-6-7-9-20-12-16-22(17-13-20)23-18-14-21(15-19-23)10-8-11-24(25)26-4-2/h4,12-19H,3,5-11H2,1-2H3. The molecule has 2 aromatic carbocycles. The number of aryl methyl sites for hydroxylation is 2. The molecule has 2 nitrogen and oxygen atoms in total. The molecule has 0 bridgehead atoms. The van der Waals surface area contributed by atoms with Gasteiger partial charge in [0.2, 0.25) is 0 Å². The van der Waals surface area contributed by atoms with Crippen molar-refractivity contribution < 1.29 is 9.53 Å². The van der Waals surface area contributed by atoms with Crippen LogP contribution in [0.3, 0.4) is 0 Å². The lowest BCUT2D eigenvalue weighted by atomic mass is 9.99. The molecular formula is C24H31O2. The zero-order chi connectivity index (χ0) is 18.6. The Labute approximate surface area is 158 Å². The van der Waals surface area contributed by atoms with Gasteiger partial charge in [-0.25, -0.2) is 0 Å². The molecule has 0 aliphatic heterocycles. The molecule has 0 aromatic heterocycles. The van der Waals surface area contributed by atoms with E-state index in [0.717, 1.165) is 12.8 Å². The van der Waals surface area contributed by atoms with Crippen molar-refractivity contribution in [2.45, 2.75) is 65.2 Å². The maximum Gasteiger partial charge on any atom is 0.306 e. The van der Waals surface area contributed by atoms with Crippen molar-refractivity contribution in [2.75, 3.05) is 0 Å². The highest BCUT2D eigenvalue weighted by atomic mass is 16.5. The normalized spacial score (nSPS) is 10.7. The summed E-state index contributed by atoms with van der Waals surface area (Å²) in [6.07, 6.45) is 8.59. The van der Waals surface area contributed by atoms with Crippen LogP contribution in [0, 0.1) is 6.61 Å². The topological polar surface area (TPSA) is 26.3 Å². The van der Waals surface area contributed by atoms with E-state index in [1.807, 2.05) is 0 Å². The quantitative estimate of drug-likeness (QED) is 0.340. The molecule has 0 amide bonds. The average Bonchev–Trinajstić information content (AvgIpc) is 2.67. The Balaban J connectivity index is 1.82. The highest BCUT2D eigenvalue weighted by Gasteiger charge is 2.03. The van der Waals surface area contributed by atoms with E-state index in [9.17, 15) is 4.79 Å². The third kappa shape index (κ3) is 7.03. The van der Waals surface area contributed by atoms with Crippen LogP contribution < -0.4 is 0 Å². The van der Waals surface area contributed by atoms with Gasteiger partial charge in [-0.15, -0.1) is 0 Å². The van der Waals surface area contributed by atoms with Crippen LogP contribution in [0.5, 0.6) is 0 Å². The molecule has 0 aliphatic carbocycles. The van der Waals surface area contributed by atoms with Gasteiger partial charge >= 0.3 is 5.97 Å². The smallest absolute Gasteiger partial charge is 0.306 e. The molecule has 0 saturated heterocycles. The first-order chi connectivity index (χ1) is 12.7. The van der Waals surface area contributed by atoms with Crippen LogP contribution in [0.25, 0.3) is 11.1 Å². The monoisotopic (exact) mass is 351 g/mol. The molecule has 0 atom stereocenters. The van der Waals surface area contributed by atoms with Crippen molar-refractivity contribution >= 4 is 5.97 Å². The van der Waals surface area contributed by atoms with Crippen molar-refractivity contribution in [3.63, 3.8) is 0 Å². The lowest BCUT2D eigenvalue weighted by Crippen LogP contribution is -2.01. The summed E-state index contributed by atoms with van der Waals surface area (Å²) in [4.78, 5) is 11.3. The number of esters is 1. The van der Waals surface area contributed by atoms with Gasteiger partial charge in [0.05, 0.1) is 0 Å². The van der Waals surface area contributed by atoms with Gasteiger partial charge in [-0.05, 0) is 54.9 Å². The fourth-order valence-corrected chi connectivity index (χ4v) is 3.11. The van der Waals surface area contributed by atoms with Crippen LogP contribution in [0.1, 0.15) is 63.5 Å². The van der Waals surface area contributed by atoms with Gasteiger partial charge in [0.1, 0.15) is 6.61 Å². The lowest BCUT2D eigenvalue weighted by Gasteiger charge is -2.07. The van der Waals surface area contributed by atoms with E-state index in [-0.39, 0.29) is 5.97 Å². The summed E-state index contributed by atoms with van der Waals surface area (Å²) in [5, 5.41) is 0. The largest absolute Gasteiger partial charge is 0.459 e. The molecule has 0 spiro atoms. The molecule has 0 fully saturated rings. The number of unbranched alkanes of at least 4 members (excludes halogenated alkanes) is 3. The van der Waals surface area contributed by atoms with E-state index in [1.54, 1.807) is 6.92 Å². The van der Waals surface area contributed by atoms with Crippen LogP contribution in [0.2, 0.25) is 0 Å². The number of carbonyl (C=O) groups excluding carboxylic acids is 1. The first kappa shape index (κ1) is 20.2. The Morgan fingerprint density at radius 1 is 0.808 bits per heavy atom. The molecule has 0 aliphatic rings. The lowest BCUT2D eigenvalue weighted by molar-refractivity contribution is -0.140. The van der Waals surface area contributed by atoms with E-state index in [2.05, 4.69) is 55.5 Å². The molecule has 2 aromatic rings. The van der Waals surface area contributed by atoms with E-state index in [0.29, 0.717) is 6.42 Å². The predicted octanol–water partition coefficient (Wildman–Crippen LogP) is 6.52. The Bertz CT molecular complexity index is 641.